The second kappa shape index (κ2) is 18.2. The summed E-state index contributed by atoms with van der Waals surface area (Å²) in [5.74, 6) is 0. The Hall–Kier alpha value is -10.7. The van der Waals surface area contributed by atoms with Crippen LogP contribution in [-0.2, 0) is 5.41 Å². The van der Waals surface area contributed by atoms with Crippen LogP contribution in [0.25, 0.3) is 111 Å². The second-order valence-electron chi connectivity index (χ2n) is 22.0. The first-order valence-corrected chi connectivity index (χ1v) is 28.4. The molecule has 0 fully saturated rings. The van der Waals surface area contributed by atoms with Crippen molar-refractivity contribution in [3.63, 3.8) is 0 Å². The van der Waals surface area contributed by atoms with Crippen molar-refractivity contribution in [1.29, 1.82) is 0 Å². The normalized spacial score (nSPS) is 12.7. The maximum absolute atomic E-state index is 2.50. The van der Waals surface area contributed by atoms with E-state index in [1.54, 1.807) is 0 Å². The van der Waals surface area contributed by atoms with E-state index in [2.05, 4.69) is 323 Å². The van der Waals surface area contributed by atoms with E-state index in [9.17, 15) is 0 Å². The highest BCUT2D eigenvalue weighted by atomic mass is 15.1. The van der Waals surface area contributed by atoms with E-state index in [0.717, 1.165) is 39.5 Å². The van der Waals surface area contributed by atoms with Crippen molar-refractivity contribution in [3.8, 4) is 67.0 Å². The average Bonchev–Trinajstić information content (AvgIpc) is 1.95. The number of aromatic nitrogens is 2. The van der Waals surface area contributed by atoms with Crippen LogP contribution >= 0.6 is 0 Å². The Morgan fingerprint density at radius 3 is 1.17 bits per heavy atom. The van der Waals surface area contributed by atoms with Gasteiger partial charge in [-0.15, -0.1) is 0 Å². The Morgan fingerprint density at radius 1 is 0.220 bits per heavy atom. The fraction of sp³-hybridized carbons (Fsp3) is 0.0127. The molecule has 2 aliphatic rings. The van der Waals surface area contributed by atoms with Crippen LogP contribution < -0.4 is 4.90 Å². The van der Waals surface area contributed by atoms with Gasteiger partial charge >= 0.3 is 0 Å². The molecule has 17 rings (SSSR count). The summed E-state index contributed by atoms with van der Waals surface area (Å²) in [5.41, 5.74) is 27.4. The number of benzene rings is 13. The molecule has 0 aliphatic heterocycles. The molecular weight excluding hydrogens is 991 g/mol. The fourth-order valence-electron chi connectivity index (χ4n) is 14.1. The molecule has 0 bridgehead atoms. The van der Waals surface area contributed by atoms with Gasteiger partial charge in [-0.2, -0.15) is 0 Å². The molecule has 2 heterocycles. The molecule has 2 aromatic heterocycles. The lowest BCUT2D eigenvalue weighted by atomic mass is 9.70. The largest absolute Gasteiger partial charge is 0.310 e. The summed E-state index contributed by atoms with van der Waals surface area (Å²) >= 11 is 0. The number of para-hydroxylation sites is 3. The maximum atomic E-state index is 2.50. The number of rotatable bonds is 8. The van der Waals surface area contributed by atoms with Crippen LogP contribution in [0.2, 0.25) is 0 Å². The monoisotopic (exact) mass is 1040 g/mol. The van der Waals surface area contributed by atoms with Crippen LogP contribution in [0.15, 0.2) is 309 Å². The van der Waals surface area contributed by atoms with E-state index in [-0.39, 0.29) is 0 Å². The summed E-state index contributed by atoms with van der Waals surface area (Å²) < 4.78 is 4.83. The Balaban J connectivity index is 0.781. The number of hydrogen-bond acceptors (Lipinski definition) is 1. The molecule has 0 saturated carbocycles. The first kappa shape index (κ1) is 46.2. The molecule has 3 nitrogen and oxygen atoms in total. The Morgan fingerprint density at radius 2 is 0.585 bits per heavy atom. The van der Waals surface area contributed by atoms with Crippen molar-refractivity contribution in [3.05, 3.63) is 332 Å². The van der Waals surface area contributed by atoms with Crippen molar-refractivity contribution < 1.29 is 0 Å². The van der Waals surface area contributed by atoms with Crippen LogP contribution in [0.3, 0.4) is 0 Å². The van der Waals surface area contributed by atoms with Crippen molar-refractivity contribution >= 4 is 60.7 Å². The molecule has 0 atom stereocenters. The quantitative estimate of drug-likeness (QED) is 0.148. The number of anilines is 3. The van der Waals surface area contributed by atoms with Gasteiger partial charge in [0.1, 0.15) is 0 Å². The zero-order valence-electron chi connectivity index (χ0n) is 44.8. The highest BCUT2D eigenvalue weighted by molar-refractivity contribution is 6.12. The van der Waals surface area contributed by atoms with Gasteiger partial charge in [0.15, 0.2) is 0 Å². The third-order valence-corrected chi connectivity index (χ3v) is 17.8. The topological polar surface area (TPSA) is 13.1 Å². The minimum Gasteiger partial charge on any atom is -0.310 e. The predicted molar refractivity (Wildman–Crippen MR) is 342 cm³/mol. The molecule has 13 aromatic carbocycles. The van der Waals surface area contributed by atoms with Crippen LogP contribution in [0.1, 0.15) is 22.3 Å². The molecule has 382 valence electrons. The zero-order chi connectivity index (χ0) is 53.9. The smallest absolute Gasteiger partial charge is 0.0726 e. The van der Waals surface area contributed by atoms with Crippen LogP contribution in [0.5, 0.6) is 0 Å². The molecule has 0 amide bonds. The standard InChI is InChI=1S/C79H51N3/c1-3-17-52(18-4-1)54-37-42-60(43-38-54)82-76-30-16-10-24-67(76)69-46-39-57(49-77(69)82)56-33-31-53(32-34-56)55-35-40-59(41-36-55)80(62-45-48-70-68-25-11-15-29-75(68)81(78(70)51-62)58-19-5-2-6-20-58)61-44-47-66-65-23-9-14-28-73(65)79(74(66)50-61)71-26-12-7-21-63(71)64-22-8-13-27-72(64)79/h1-51H. The van der Waals surface area contributed by atoms with Crippen LogP contribution in [0.4, 0.5) is 17.1 Å². The highest BCUT2D eigenvalue weighted by Crippen LogP contribution is 2.63. The van der Waals surface area contributed by atoms with Gasteiger partial charge in [-0.05, 0) is 157 Å². The molecule has 82 heavy (non-hydrogen) atoms. The lowest BCUT2D eigenvalue weighted by Crippen LogP contribution is -2.26. The molecule has 3 heteroatoms. The van der Waals surface area contributed by atoms with Gasteiger partial charge in [0.2, 0.25) is 0 Å². The van der Waals surface area contributed by atoms with Gasteiger partial charge in [-0.1, -0.05) is 231 Å². The van der Waals surface area contributed by atoms with E-state index in [1.807, 2.05) is 0 Å². The van der Waals surface area contributed by atoms with Crippen molar-refractivity contribution in [2.75, 3.05) is 4.90 Å². The SMILES string of the molecule is c1ccc(-c2ccc(-n3c4ccccc4c4ccc(-c5ccc(-c6ccc(N(c7ccc8c(c7)C7(c9ccccc9-c9ccccc97)c7ccccc7-8)c7ccc8c9ccccc9n(-c9ccccc9)c8c7)cc6)cc5)cc43)cc2)cc1. The molecule has 0 radical (unpaired) electrons. The number of nitrogens with zero attached hydrogens (tertiary/aromatic N) is 3. The number of fused-ring (bicyclic) bond motifs is 16. The van der Waals surface area contributed by atoms with Gasteiger partial charge in [-0.3, -0.25) is 0 Å². The third-order valence-electron chi connectivity index (χ3n) is 17.8. The number of hydrogen-bond donors (Lipinski definition) is 0. The van der Waals surface area contributed by atoms with Crippen molar-refractivity contribution in [2.24, 2.45) is 0 Å². The molecule has 0 saturated heterocycles. The first-order chi connectivity index (χ1) is 40.7. The molecule has 1 spiro atoms. The van der Waals surface area contributed by atoms with Gasteiger partial charge in [0.05, 0.1) is 27.5 Å². The maximum Gasteiger partial charge on any atom is 0.0726 e. The van der Waals surface area contributed by atoms with Gasteiger partial charge < -0.3 is 14.0 Å². The lowest BCUT2D eigenvalue weighted by molar-refractivity contribution is 0.793. The molecule has 2 aliphatic carbocycles. The molecular formula is C79H51N3. The van der Waals surface area contributed by atoms with Gasteiger partial charge in [-0.25, -0.2) is 0 Å². The fourth-order valence-corrected chi connectivity index (χ4v) is 14.1. The van der Waals surface area contributed by atoms with E-state index < -0.39 is 5.41 Å². The average molecular weight is 1040 g/mol. The molecule has 0 unspecified atom stereocenters. The Bertz CT molecular complexity index is 4940. The lowest BCUT2D eigenvalue weighted by Gasteiger charge is -2.32. The summed E-state index contributed by atoms with van der Waals surface area (Å²) in [5, 5.41) is 4.95. The minimum atomic E-state index is -0.472. The van der Waals surface area contributed by atoms with Gasteiger partial charge in [0.25, 0.3) is 0 Å². The van der Waals surface area contributed by atoms with Crippen molar-refractivity contribution in [1.82, 2.24) is 9.13 Å². The summed E-state index contributed by atoms with van der Waals surface area (Å²) in [6.45, 7) is 0. The van der Waals surface area contributed by atoms with E-state index in [0.29, 0.717) is 0 Å². The van der Waals surface area contributed by atoms with Crippen LogP contribution in [-0.4, -0.2) is 9.13 Å². The predicted octanol–water partition coefficient (Wildman–Crippen LogP) is 20.7. The third kappa shape index (κ3) is 6.84. The Kier molecular flexibility index (Phi) is 10.2. The summed E-state index contributed by atoms with van der Waals surface area (Å²) in [4.78, 5) is 2.47. The van der Waals surface area contributed by atoms with E-state index >= 15 is 0 Å². The van der Waals surface area contributed by atoms with Crippen molar-refractivity contribution in [2.45, 2.75) is 5.41 Å². The van der Waals surface area contributed by atoms with Crippen LogP contribution in [0, 0.1) is 0 Å². The second-order valence-corrected chi connectivity index (χ2v) is 22.0. The van der Waals surface area contributed by atoms with Gasteiger partial charge in [0, 0.05) is 50.0 Å². The zero-order valence-corrected chi connectivity index (χ0v) is 44.8. The summed E-state index contributed by atoms with van der Waals surface area (Å²) in [6, 6.07) is 115. The Labute approximate surface area is 476 Å². The highest BCUT2D eigenvalue weighted by Gasteiger charge is 2.51. The minimum absolute atomic E-state index is 0.472. The first-order valence-electron chi connectivity index (χ1n) is 28.4. The van der Waals surface area contributed by atoms with E-state index in [4.69, 9.17) is 0 Å². The molecule has 15 aromatic rings. The summed E-state index contributed by atoms with van der Waals surface area (Å²) in [6.07, 6.45) is 0. The summed E-state index contributed by atoms with van der Waals surface area (Å²) in [7, 11) is 0. The molecule has 0 N–H and O–H groups in total. The van der Waals surface area contributed by atoms with E-state index in [1.165, 1.54) is 110 Å².